The van der Waals surface area contributed by atoms with Crippen LogP contribution in [0.25, 0.3) is 0 Å². The topological polar surface area (TPSA) is 59.8 Å². The molecular formula is C16H20FNO4S. The number of nitrogens with zero attached hydrogens (tertiary/aromatic N) is 1. The Labute approximate surface area is 135 Å². The highest BCUT2D eigenvalue weighted by Crippen LogP contribution is 2.25. The van der Waals surface area contributed by atoms with E-state index < -0.39 is 15.7 Å². The minimum absolute atomic E-state index is 0.0836. The third-order valence-corrected chi connectivity index (χ3v) is 4.40. The molecule has 0 aliphatic carbocycles. The molecule has 0 amide bonds. The highest BCUT2D eigenvalue weighted by atomic mass is 32.2. The van der Waals surface area contributed by atoms with Crippen molar-refractivity contribution in [2.24, 2.45) is 0 Å². The molecule has 0 radical (unpaired) electrons. The first-order valence-corrected chi connectivity index (χ1v) is 9.23. The van der Waals surface area contributed by atoms with Crippen molar-refractivity contribution in [2.75, 3.05) is 30.6 Å². The predicted molar refractivity (Wildman–Crippen MR) is 87.0 cm³/mol. The van der Waals surface area contributed by atoms with Crippen LogP contribution in [0.1, 0.15) is 12.2 Å². The van der Waals surface area contributed by atoms with E-state index in [0.717, 1.165) is 5.76 Å². The molecule has 5 nitrogen and oxygen atoms in total. The van der Waals surface area contributed by atoms with Crippen molar-refractivity contribution in [3.63, 3.8) is 0 Å². The van der Waals surface area contributed by atoms with Gasteiger partial charge in [0.2, 0.25) is 0 Å². The average Bonchev–Trinajstić information content (AvgIpc) is 2.98. The Hall–Kier alpha value is -2.02. The van der Waals surface area contributed by atoms with Crippen molar-refractivity contribution >= 4 is 15.5 Å². The molecule has 0 bridgehead atoms. The summed E-state index contributed by atoms with van der Waals surface area (Å²) in [5.41, 5.74) is 0.646. The molecule has 126 valence electrons. The van der Waals surface area contributed by atoms with Gasteiger partial charge in [0.25, 0.3) is 0 Å². The average molecular weight is 341 g/mol. The molecule has 0 atom stereocenters. The lowest BCUT2D eigenvalue weighted by atomic mass is 10.2. The van der Waals surface area contributed by atoms with Crippen LogP contribution in [0.4, 0.5) is 10.1 Å². The summed E-state index contributed by atoms with van der Waals surface area (Å²) in [6, 6.07) is 8.27. The van der Waals surface area contributed by atoms with Crippen LogP contribution in [0.5, 0.6) is 5.75 Å². The van der Waals surface area contributed by atoms with Gasteiger partial charge in [0.1, 0.15) is 15.6 Å². The first-order valence-electron chi connectivity index (χ1n) is 7.17. The fourth-order valence-corrected chi connectivity index (χ4v) is 2.91. The number of hydrogen-bond donors (Lipinski definition) is 0. The normalized spacial score (nSPS) is 11.4. The van der Waals surface area contributed by atoms with Gasteiger partial charge in [-0.3, -0.25) is 0 Å². The number of rotatable bonds is 8. The summed E-state index contributed by atoms with van der Waals surface area (Å²) in [5.74, 6) is 0.515. The molecule has 1 aromatic heterocycles. The molecule has 0 saturated carbocycles. The van der Waals surface area contributed by atoms with Gasteiger partial charge in [-0.1, -0.05) is 0 Å². The zero-order chi connectivity index (χ0) is 16.9. The molecular weight excluding hydrogens is 321 g/mol. The van der Waals surface area contributed by atoms with Gasteiger partial charge in [-0.05, 0) is 30.7 Å². The van der Waals surface area contributed by atoms with Crippen LogP contribution in [0.3, 0.4) is 0 Å². The number of hydrogen-bond acceptors (Lipinski definition) is 5. The lowest BCUT2D eigenvalue weighted by molar-refractivity contribution is 0.386. The summed E-state index contributed by atoms with van der Waals surface area (Å²) >= 11 is 0. The van der Waals surface area contributed by atoms with E-state index in [1.165, 1.54) is 19.4 Å². The van der Waals surface area contributed by atoms with Crippen LogP contribution in [-0.2, 0) is 16.4 Å². The number of sulfone groups is 1. The van der Waals surface area contributed by atoms with Crippen molar-refractivity contribution in [2.45, 2.75) is 13.0 Å². The molecule has 0 fully saturated rings. The molecule has 2 aromatic rings. The second kappa shape index (κ2) is 7.50. The van der Waals surface area contributed by atoms with Crippen LogP contribution < -0.4 is 9.64 Å². The molecule has 23 heavy (non-hydrogen) atoms. The summed E-state index contributed by atoms with van der Waals surface area (Å²) < 4.78 is 46.8. The van der Waals surface area contributed by atoms with E-state index in [-0.39, 0.29) is 11.5 Å². The number of halogens is 1. The summed E-state index contributed by atoms with van der Waals surface area (Å²) in [4.78, 5) is 1.88. The molecule has 2 rings (SSSR count). The van der Waals surface area contributed by atoms with Gasteiger partial charge >= 0.3 is 0 Å². The van der Waals surface area contributed by atoms with Crippen LogP contribution >= 0.6 is 0 Å². The summed E-state index contributed by atoms with van der Waals surface area (Å²) in [7, 11) is -1.62. The minimum atomic E-state index is -3.03. The Balaban J connectivity index is 2.16. The Morgan fingerprint density at radius 1 is 1.30 bits per heavy atom. The van der Waals surface area contributed by atoms with Crippen molar-refractivity contribution in [3.8, 4) is 5.75 Å². The molecule has 0 saturated heterocycles. The van der Waals surface area contributed by atoms with E-state index in [1.54, 1.807) is 24.5 Å². The quantitative estimate of drug-likeness (QED) is 0.739. The van der Waals surface area contributed by atoms with E-state index in [2.05, 4.69) is 0 Å². The molecule has 1 aromatic carbocycles. The Morgan fingerprint density at radius 3 is 2.65 bits per heavy atom. The summed E-state index contributed by atoms with van der Waals surface area (Å²) in [6.45, 7) is 0.905. The number of anilines is 1. The van der Waals surface area contributed by atoms with Crippen molar-refractivity contribution in [1.82, 2.24) is 0 Å². The summed E-state index contributed by atoms with van der Waals surface area (Å²) in [6.07, 6.45) is 3.22. The standard InChI is InChI=1S/C16H20FNO4S/c1-21-16-7-6-13(11-15(16)17)18(8-4-10-23(2,19)20)12-14-5-3-9-22-14/h3,5-7,9,11H,4,8,10,12H2,1-2H3. The fraction of sp³-hybridized carbons (Fsp3) is 0.375. The van der Waals surface area contributed by atoms with E-state index >= 15 is 0 Å². The fourth-order valence-electron chi connectivity index (χ4n) is 2.26. The third kappa shape index (κ3) is 5.28. The van der Waals surface area contributed by atoms with Gasteiger partial charge in [-0.15, -0.1) is 0 Å². The maximum absolute atomic E-state index is 13.9. The van der Waals surface area contributed by atoms with E-state index in [4.69, 9.17) is 9.15 Å². The number of methoxy groups -OCH3 is 1. The second-order valence-electron chi connectivity index (χ2n) is 5.30. The van der Waals surface area contributed by atoms with E-state index in [0.29, 0.717) is 25.2 Å². The number of ether oxygens (including phenoxy) is 1. The van der Waals surface area contributed by atoms with E-state index in [1.807, 2.05) is 11.0 Å². The van der Waals surface area contributed by atoms with Gasteiger partial charge in [0.05, 0.1) is 25.7 Å². The zero-order valence-corrected chi connectivity index (χ0v) is 14.0. The highest BCUT2D eigenvalue weighted by molar-refractivity contribution is 7.90. The van der Waals surface area contributed by atoms with Gasteiger partial charge in [0, 0.05) is 24.6 Å². The van der Waals surface area contributed by atoms with Crippen LogP contribution in [-0.4, -0.2) is 34.1 Å². The highest BCUT2D eigenvalue weighted by Gasteiger charge is 2.13. The molecule has 0 aliphatic heterocycles. The maximum atomic E-state index is 13.9. The van der Waals surface area contributed by atoms with Gasteiger partial charge in [-0.25, -0.2) is 12.8 Å². The Kier molecular flexibility index (Phi) is 5.65. The van der Waals surface area contributed by atoms with Gasteiger partial charge < -0.3 is 14.1 Å². The Bertz CT molecular complexity index is 729. The number of furan rings is 1. The molecule has 0 spiro atoms. The van der Waals surface area contributed by atoms with E-state index in [9.17, 15) is 12.8 Å². The largest absolute Gasteiger partial charge is 0.494 e. The second-order valence-corrected chi connectivity index (χ2v) is 7.56. The van der Waals surface area contributed by atoms with Crippen molar-refractivity contribution in [3.05, 3.63) is 48.2 Å². The lowest BCUT2D eigenvalue weighted by Crippen LogP contribution is -2.25. The first-order chi connectivity index (χ1) is 10.9. The third-order valence-electron chi connectivity index (χ3n) is 3.37. The summed E-state index contributed by atoms with van der Waals surface area (Å²) in [5, 5.41) is 0. The van der Waals surface area contributed by atoms with Crippen LogP contribution in [0.15, 0.2) is 41.0 Å². The smallest absolute Gasteiger partial charge is 0.167 e. The van der Waals surface area contributed by atoms with Crippen molar-refractivity contribution in [1.29, 1.82) is 0 Å². The Morgan fingerprint density at radius 2 is 2.09 bits per heavy atom. The predicted octanol–water partition coefficient (Wildman–Crippen LogP) is 2.87. The molecule has 0 unspecified atom stereocenters. The van der Waals surface area contributed by atoms with Crippen LogP contribution in [0, 0.1) is 5.82 Å². The monoisotopic (exact) mass is 341 g/mol. The maximum Gasteiger partial charge on any atom is 0.167 e. The SMILES string of the molecule is COc1ccc(N(CCCS(C)(=O)=O)Cc2ccco2)cc1F. The van der Waals surface area contributed by atoms with Crippen molar-refractivity contribution < 1.29 is 22.0 Å². The van der Waals surface area contributed by atoms with Gasteiger partial charge in [-0.2, -0.15) is 0 Å². The minimum Gasteiger partial charge on any atom is -0.494 e. The first kappa shape index (κ1) is 17.3. The van der Waals surface area contributed by atoms with Gasteiger partial charge in [0.15, 0.2) is 11.6 Å². The van der Waals surface area contributed by atoms with Crippen LogP contribution in [0.2, 0.25) is 0 Å². The zero-order valence-electron chi connectivity index (χ0n) is 13.2. The molecule has 1 heterocycles. The number of benzene rings is 1. The molecule has 7 heteroatoms. The lowest BCUT2D eigenvalue weighted by Gasteiger charge is -2.24. The molecule has 0 aliphatic rings. The molecule has 0 N–H and O–H groups in total.